The van der Waals surface area contributed by atoms with Crippen molar-refractivity contribution in [3.05, 3.63) is 46.6 Å². The van der Waals surface area contributed by atoms with Crippen LogP contribution in [0.3, 0.4) is 0 Å². The molecule has 0 unspecified atom stereocenters. The summed E-state index contributed by atoms with van der Waals surface area (Å²) in [5.74, 6) is 1.51. The Morgan fingerprint density at radius 1 is 0.861 bits per heavy atom. The number of likely N-dealkylation sites (tertiary alicyclic amines) is 1. The standard InChI is InChI=1S/C28H38ClN5O2/c1-21-23(29)8-7-9-25(21)33-15-12-31(13-16-33)14-17-34-26-19-28(36-3)27(35-2)18-22(26)24(30-34)20-32-10-5-4-6-11-32/h7-9,18-19H,4-6,10-17,20H2,1-3H3. The highest BCUT2D eigenvalue weighted by Gasteiger charge is 2.22. The number of rotatable bonds is 8. The van der Waals surface area contributed by atoms with Gasteiger partial charge in [0.1, 0.15) is 0 Å². The van der Waals surface area contributed by atoms with Crippen LogP contribution in [-0.4, -0.2) is 79.6 Å². The number of halogens is 1. The van der Waals surface area contributed by atoms with Crippen molar-refractivity contribution in [2.75, 3.05) is 64.9 Å². The first-order chi connectivity index (χ1) is 17.6. The van der Waals surface area contributed by atoms with Gasteiger partial charge in [0.05, 0.1) is 32.0 Å². The number of ether oxygens (including phenoxy) is 2. The lowest BCUT2D eigenvalue weighted by Gasteiger charge is -2.37. The molecule has 0 spiro atoms. The van der Waals surface area contributed by atoms with E-state index < -0.39 is 0 Å². The second kappa shape index (κ2) is 11.3. The summed E-state index contributed by atoms with van der Waals surface area (Å²) in [6, 6.07) is 10.4. The van der Waals surface area contributed by atoms with E-state index in [1.807, 2.05) is 12.1 Å². The molecule has 2 fully saturated rings. The SMILES string of the molecule is COc1cc2c(CN3CCCCC3)nn(CCN3CCN(c4cccc(Cl)c4C)CC3)c2cc1OC. The molecule has 0 radical (unpaired) electrons. The molecular formula is C28H38ClN5O2. The van der Waals surface area contributed by atoms with Gasteiger partial charge in [-0.05, 0) is 56.6 Å². The molecule has 0 saturated carbocycles. The van der Waals surface area contributed by atoms with Crippen molar-refractivity contribution in [1.29, 1.82) is 0 Å². The van der Waals surface area contributed by atoms with Gasteiger partial charge in [-0.2, -0.15) is 5.10 Å². The third-order valence-electron chi connectivity index (χ3n) is 7.73. The van der Waals surface area contributed by atoms with Crippen LogP contribution in [0.5, 0.6) is 11.5 Å². The van der Waals surface area contributed by atoms with Gasteiger partial charge in [0.25, 0.3) is 0 Å². The maximum atomic E-state index is 6.36. The average molecular weight is 512 g/mol. The minimum atomic E-state index is 0.751. The number of anilines is 1. The van der Waals surface area contributed by atoms with Crippen LogP contribution in [0, 0.1) is 6.92 Å². The molecule has 36 heavy (non-hydrogen) atoms. The topological polar surface area (TPSA) is 46.0 Å². The highest BCUT2D eigenvalue weighted by molar-refractivity contribution is 6.31. The fraction of sp³-hybridized carbons (Fsp3) is 0.536. The largest absolute Gasteiger partial charge is 0.493 e. The van der Waals surface area contributed by atoms with E-state index in [0.29, 0.717) is 0 Å². The second-order valence-corrected chi connectivity index (χ2v) is 10.4. The van der Waals surface area contributed by atoms with E-state index in [0.717, 1.165) is 86.6 Å². The zero-order chi connectivity index (χ0) is 25.1. The summed E-state index contributed by atoms with van der Waals surface area (Å²) in [5, 5.41) is 7.12. The number of piperazine rings is 1. The van der Waals surface area contributed by atoms with Gasteiger partial charge >= 0.3 is 0 Å². The number of hydrogen-bond donors (Lipinski definition) is 0. The fourth-order valence-electron chi connectivity index (χ4n) is 5.57. The predicted molar refractivity (Wildman–Crippen MR) is 147 cm³/mol. The molecule has 0 atom stereocenters. The molecule has 0 aliphatic carbocycles. The van der Waals surface area contributed by atoms with E-state index in [-0.39, 0.29) is 0 Å². The molecule has 2 saturated heterocycles. The zero-order valence-corrected chi connectivity index (χ0v) is 22.6. The van der Waals surface area contributed by atoms with Crippen molar-refractivity contribution in [2.45, 2.75) is 39.3 Å². The number of hydrogen-bond acceptors (Lipinski definition) is 6. The van der Waals surface area contributed by atoms with Crippen molar-refractivity contribution in [3.63, 3.8) is 0 Å². The van der Waals surface area contributed by atoms with Crippen molar-refractivity contribution in [2.24, 2.45) is 0 Å². The Kier molecular flexibility index (Phi) is 7.89. The van der Waals surface area contributed by atoms with Crippen LogP contribution in [0.1, 0.15) is 30.5 Å². The van der Waals surface area contributed by atoms with Gasteiger partial charge in [-0.3, -0.25) is 14.5 Å². The van der Waals surface area contributed by atoms with Crippen LogP contribution in [0.2, 0.25) is 5.02 Å². The summed E-state index contributed by atoms with van der Waals surface area (Å²) < 4.78 is 13.4. The number of nitrogens with zero attached hydrogens (tertiary/aromatic N) is 5. The molecule has 0 bridgehead atoms. The first-order valence-electron chi connectivity index (χ1n) is 13.1. The Balaban J connectivity index is 1.30. The molecule has 8 heteroatoms. The van der Waals surface area contributed by atoms with Gasteiger partial charge in [-0.1, -0.05) is 24.1 Å². The molecular weight excluding hydrogens is 474 g/mol. The van der Waals surface area contributed by atoms with Crippen LogP contribution >= 0.6 is 11.6 Å². The molecule has 7 nitrogen and oxygen atoms in total. The van der Waals surface area contributed by atoms with Crippen LogP contribution in [0.4, 0.5) is 5.69 Å². The molecule has 2 aliphatic heterocycles. The van der Waals surface area contributed by atoms with Crippen LogP contribution in [-0.2, 0) is 13.1 Å². The average Bonchev–Trinajstić information content (AvgIpc) is 3.25. The molecule has 3 heterocycles. The fourth-order valence-corrected chi connectivity index (χ4v) is 5.74. The quantitative estimate of drug-likeness (QED) is 0.432. The van der Waals surface area contributed by atoms with E-state index in [4.69, 9.17) is 26.2 Å². The number of aromatic nitrogens is 2. The van der Waals surface area contributed by atoms with Gasteiger partial charge < -0.3 is 14.4 Å². The smallest absolute Gasteiger partial charge is 0.162 e. The summed E-state index contributed by atoms with van der Waals surface area (Å²) in [5.41, 5.74) is 4.67. The normalized spacial score (nSPS) is 17.6. The number of benzene rings is 2. The first-order valence-corrected chi connectivity index (χ1v) is 13.5. The van der Waals surface area contributed by atoms with E-state index in [9.17, 15) is 0 Å². The van der Waals surface area contributed by atoms with Gasteiger partial charge in [-0.15, -0.1) is 0 Å². The number of piperidine rings is 1. The summed E-state index contributed by atoms with van der Waals surface area (Å²) in [7, 11) is 3.39. The minimum Gasteiger partial charge on any atom is -0.493 e. The Bertz CT molecular complexity index is 1180. The molecule has 0 N–H and O–H groups in total. The highest BCUT2D eigenvalue weighted by atomic mass is 35.5. The molecule has 2 aromatic carbocycles. The summed E-state index contributed by atoms with van der Waals surface area (Å²) in [6.45, 7) is 11.2. The van der Waals surface area contributed by atoms with E-state index in [1.165, 1.54) is 35.9 Å². The third kappa shape index (κ3) is 5.29. The Labute approximate surface area is 219 Å². The lowest BCUT2D eigenvalue weighted by Crippen LogP contribution is -2.47. The highest BCUT2D eigenvalue weighted by Crippen LogP contribution is 2.34. The molecule has 2 aliphatic rings. The molecule has 3 aromatic rings. The van der Waals surface area contributed by atoms with Crippen molar-refractivity contribution in [3.8, 4) is 11.5 Å². The lowest BCUT2D eigenvalue weighted by atomic mass is 10.1. The van der Waals surface area contributed by atoms with Crippen LogP contribution < -0.4 is 14.4 Å². The maximum absolute atomic E-state index is 6.36. The van der Waals surface area contributed by atoms with Gasteiger partial charge in [0, 0.05) is 61.4 Å². The zero-order valence-electron chi connectivity index (χ0n) is 21.8. The maximum Gasteiger partial charge on any atom is 0.162 e. The lowest BCUT2D eigenvalue weighted by molar-refractivity contribution is 0.217. The van der Waals surface area contributed by atoms with Gasteiger partial charge in [-0.25, -0.2) is 0 Å². The second-order valence-electron chi connectivity index (χ2n) is 9.94. The van der Waals surface area contributed by atoms with Gasteiger partial charge in [0.2, 0.25) is 0 Å². The van der Waals surface area contributed by atoms with E-state index in [2.05, 4.69) is 44.5 Å². The number of fused-ring (bicyclic) bond motifs is 1. The van der Waals surface area contributed by atoms with Crippen molar-refractivity contribution >= 4 is 28.2 Å². The first kappa shape index (κ1) is 25.2. The summed E-state index contributed by atoms with van der Waals surface area (Å²) in [4.78, 5) is 7.52. The van der Waals surface area contributed by atoms with Crippen LogP contribution in [0.15, 0.2) is 30.3 Å². The molecule has 1 aromatic heterocycles. The summed E-state index contributed by atoms with van der Waals surface area (Å²) in [6.07, 6.45) is 3.88. The Morgan fingerprint density at radius 3 is 2.31 bits per heavy atom. The van der Waals surface area contributed by atoms with Crippen molar-refractivity contribution < 1.29 is 9.47 Å². The van der Waals surface area contributed by atoms with E-state index >= 15 is 0 Å². The van der Waals surface area contributed by atoms with Gasteiger partial charge in [0.15, 0.2) is 11.5 Å². The Hall–Kier alpha value is -2.48. The molecule has 194 valence electrons. The van der Waals surface area contributed by atoms with Crippen LogP contribution in [0.25, 0.3) is 10.9 Å². The van der Waals surface area contributed by atoms with Crippen molar-refractivity contribution in [1.82, 2.24) is 19.6 Å². The van der Waals surface area contributed by atoms with E-state index in [1.54, 1.807) is 14.2 Å². The molecule has 0 amide bonds. The third-order valence-corrected chi connectivity index (χ3v) is 8.14. The Morgan fingerprint density at radius 2 is 1.58 bits per heavy atom. The predicted octanol–water partition coefficient (Wildman–Crippen LogP) is 4.82. The summed E-state index contributed by atoms with van der Waals surface area (Å²) >= 11 is 6.36. The molecule has 5 rings (SSSR count). The monoisotopic (exact) mass is 511 g/mol. The minimum absolute atomic E-state index is 0.751. The number of methoxy groups -OCH3 is 2.